The Labute approximate surface area is 110 Å². The second-order valence-electron chi connectivity index (χ2n) is 3.70. The summed E-state index contributed by atoms with van der Waals surface area (Å²) >= 11 is 0. The summed E-state index contributed by atoms with van der Waals surface area (Å²) in [6.07, 6.45) is 0.482. The SMILES string of the molecule is O=Cc1ccc(COc2cc(F)c([N+](=O)[O-])cc2F)o1. The maximum Gasteiger partial charge on any atom is 0.307 e. The average molecular weight is 283 g/mol. The zero-order valence-corrected chi connectivity index (χ0v) is 9.84. The summed E-state index contributed by atoms with van der Waals surface area (Å²) in [6, 6.07) is 3.84. The molecule has 0 radical (unpaired) electrons. The molecule has 0 fully saturated rings. The summed E-state index contributed by atoms with van der Waals surface area (Å²) < 4.78 is 36.7. The highest BCUT2D eigenvalue weighted by molar-refractivity contribution is 5.70. The Morgan fingerprint density at radius 3 is 2.65 bits per heavy atom. The first kappa shape index (κ1) is 13.7. The number of nitro benzene ring substituents is 1. The number of benzene rings is 1. The average Bonchev–Trinajstić information content (AvgIpc) is 2.87. The van der Waals surface area contributed by atoms with Crippen molar-refractivity contribution >= 4 is 12.0 Å². The van der Waals surface area contributed by atoms with E-state index in [1.54, 1.807) is 0 Å². The Morgan fingerprint density at radius 1 is 1.30 bits per heavy atom. The highest BCUT2D eigenvalue weighted by atomic mass is 19.1. The molecule has 0 aliphatic heterocycles. The van der Waals surface area contributed by atoms with Gasteiger partial charge in [-0.15, -0.1) is 0 Å². The van der Waals surface area contributed by atoms with Crippen molar-refractivity contribution in [3.63, 3.8) is 0 Å². The Kier molecular flexibility index (Phi) is 3.74. The van der Waals surface area contributed by atoms with Crippen molar-refractivity contribution in [1.82, 2.24) is 0 Å². The fraction of sp³-hybridized carbons (Fsp3) is 0.0833. The van der Waals surface area contributed by atoms with E-state index < -0.39 is 28.0 Å². The Bertz CT molecular complexity index is 668. The second kappa shape index (κ2) is 5.47. The van der Waals surface area contributed by atoms with Crippen LogP contribution in [-0.4, -0.2) is 11.2 Å². The summed E-state index contributed by atoms with van der Waals surface area (Å²) in [7, 11) is 0. The second-order valence-corrected chi connectivity index (χ2v) is 3.70. The van der Waals surface area contributed by atoms with E-state index in [0.717, 1.165) is 0 Å². The minimum atomic E-state index is -1.21. The van der Waals surface area contributed by atoms with Crippen LogP contribution >= 0.6 is 0 Å². The predicted octanol–water partition coefficient (Wildman–Crippen LogP) is 2.86. The highest BCUT2D eigenvalue weighted by Crippen LogP contribution is 2.27. The van der Waals surface area contributed by atoms with E-state index in [4.69, 9.17) is 9.15 Å². The minimum absolute atomic E-state index is 0.0685. The summed E-state index contributed by atoms with van der Waals surface area (Å²) in [5.41, 5.74) is -0.976. The first-order valence-electron chi connectivity index (χ1n) is 5.31. The van der Waals surface area contributed by atoms with Gasteiger partial charge in [-0.05, 0) is 12.1 Å². The van der Waals surface area contributed by atoms with E-state index in [-0.39, 0.29) is 18.1 Å². The number of nitro groups is 1. The monoisotopic (exact) mass is 283 g/mol. The van der Waals surface area contributed by atoms with Crippen LogP contribution in [0.1, 0.15) is 16.3 Å². The number of hydrogen-bond acceptors (Lipinski definition) is 5. The number of hydrogen-bond donors (Lipinski definition) is 0. The summed E-state index contributed by atoms with van der Waals surface area (Å²) in [4.78, 5) is 19.8. The van der Waals surface area contributed by atoms with E-state index in [1.807, 2.05) is 0 Å². The molecule has 1 heterocycles. The van der Waals surface area contributed by atoms with E-state index in [2.05, 4.69) is 0 Å². The number of carbonyl (C=O) groups excluding carboxylic acids is 1. The molecule has 20 heavy (non-hydrogen) atoms. The van der Waals surface area contributed by atoms with Crippen molar-refractivity contribution in [3.8, 4) is 5.75 Å². The molecule has 0 aliphatic carbocycles. The smallest absolute Gasteiger partial charge is 0.307 e. The molecule has 1 aromatic carbocycles. The standard InChI is InChI=1S/C12H7F2NO5/c13-9-4-12(10(14)3-11(9)15(17)18)19-6-8-2-1-7(5-16)20-8/h1-5H,6H2. The largest absolute Gasteiger partial charge is 0.482 e. The van der Waals surface area contributed by atoms with Crippen LogP contribution in [0.15, 0.2) is 28.7 Å². The molecule has 8 heteroatoms. The fourth-order valence-corrected chi connectivity index (χ4v) is 1.45. The molecule has 0 saturated heterocycles. The van der Waals surface area contributed by atoms with Crippen LogP contribution in [0.3, 0.4) is 0 Å². The zero-order chi connectivity index (χ0) is 14.7. The third kappa shape index (κ3) is 2.79. The molecule has 0 amide bonds. The van der Waals surface area contributed by atoms with Crippen molar-refractivity contribution in [1.29, 1.82) is 0 Å². The molecule has 1 aromatic heterocycles. The Balaban J connectivity index is 2.15. The molecular formula is C12H7F2NO5. The lowest BCUT2D eigenvalue weighted by molar-refractivity contribution is -0.387. The molecule has 0 spiro atoms. The molecular weight excluding hydrogens is 276 g/mol. The lowest BCUT2D eigenvalue weighted by Crippen LogP contribution is -2.00. The zero-order valence-electron chi connectivity index (χ0n) is 9.84. The molecule has 0 unspecified atom stereocenters. The fourth-order valence-electron chi connectivity index (χ4n) is 1.45. The van der Waals surface area contributed by atoms with E-state index in [9.17, 15) is 23.7 Å². The molecule has 2 rings (SSSR count). The number of aldehydes is 1. The summed E-state index contributed by atoms with van der Waals surface area (Å²) in [5, 5.41) is 10.4. The Morgan fingerprint density at radius 2 is 2.05 bits per heavy atom. The van der Waals surface area contributed by atoms with Crippen LogP contribution in [0.2, 0.25) is 0 Å². The van der Waals surface area contributed by atoms with Gasteiger partial charge in [0.1, 0.15) is 12.4 Å². The van der Waals surface area contributed by atoms with Crippen molar-refractivity contribution in [2.24, 2.45) is 0 Å². The number of furan rings is 1. The molecule has 6 nitrogen and oxygen atoms in total. The van der Waals surface area contributed by atoms with Crippen LogP contribution in [0, 0.1) is 21.7 Å². The third-order valence-corrected chi connectivity index (χ3v) is 2.37. The molecule has 104 valence electrons. The van der Waals surface area contributed by atoms with Crippen molar-refractivity contribution in [2.45, 2.75) is 6.61 Å². The molecule has 2 aromatic rings. The normalized spacial score (nSPS) is 10.3. The molecule has 0 bridgehead atoms. The van der Waals surface area contributed by atoms with Crippen molar-refractivity contribution < 1.29 is 27.7 Å². The Hall–Kier alpha value is -2.77. The molecule has 0 atom stereocenters. The van der Waals surface area contributed by atoms with E-state index in [1.165, 1.54) is 12.1 Å². The number of ether oxygens (including phenoxy) is 1. The maximum absolute atomic E-state index is 13.5. The van der Waals surface area contributed by atoms with Gasteiger partial charge in [-0.3, -0.25) is 14.9 Å². The first-order valence-corrected chi connectivity index (χ1v) is 5.31. The lowest BCUT2D eigenvalue weighted by Gasteiger charge is -2.05. The van der Waals surface area contributed by atoms with Crippen LogP contribution in [0.5, 0.6) is 5.75 Å². The van der Waals surface area contributed by atoms with Gasteiger partial charge in [0, 0.05) is 6.07 Å². The third-order valence-electron chi connectivity index (χ3n) is 2.37. The predicted molar refractivity (Wildman–Crippen MR) is 61.4 cm³/mol. The van der Waals surface area contributed by atoms with Gasteiger partial charge >= 0.3 is 5.69 Å². The topological polar surface area (TPSA) is 82.6 Å². The van der Waals surface area contributed by atoms with Gasteiger partial charge in [0.2, 0.25) is 5.82 Å². The van der Waals surface area contributed by atoms with Crippen LogP contribution in [0.4, 0.5) is 14.5 Å². The number of halogens is 2. The molecule has 0 N–H and O–H groups in total. The first-order chi connectivity index (χ1) is 9.51. The van der Waals surface area contributed by atoms with Gasteiger partial charge < -0.3 is 9.15 Å². The van der Waals surface area contributed by atoms with Crippen molar-refractivity contribution in [2.75, 3.05) is 0 Å². The number of carbonyl (C=O) groups is 1. The molecule has 0 aliphatic rings. The van der Waals surface area contributed by atoms with Crippen LogP contribution in [-0.2, 0) is 6.61 Å². The van der Waals surface area contributed by atoms with Crippen molar-refractivity contribution in [3.05, 3.63) is 57.5 Å². The van der Waals surface area contributed by atoms with Gasteiger partial charge in [-0.1, -0.05) is 0 Å². The summed E-state index contributed by atoms with van der Waals surface area (Å²) in [6.45, 7) is -0.248. The summed E-state index contributed by atoms with van der Waals surface area (Å²) in [5.74, 6) is -2.47. The van der Waals surface area contributed by atoms with Crippen LogP contribution in [0.25, 0.3) is 0 Å². The van der Waals surface area contributed by atoms with Gasteiger partial charge in [-0.25, -0.2) is 4.39 Å². The van der Waals surface area contributed by atoms with Crippen LogP contribution < -0.4 is 4.74 Å². The lowest BCUT2D eigenvalue weighted by atomic mass is 10.3. The molecule has 0 saturated carbocycles. The highest BCUT2D eigenvalue weighted by Gasteiger charge is 2.19. The number of rotatable bonds is 5. The van der Waals surface area contributed by atoms with Gasteiger partial charge in [0.05, 0.1) is 11.0 Å². The van der Waals surface area contributed by atoms with Gasteiger partial charge in [-0.2, -0.15) is 4.39 Å². The quantitative estimate of drug-likeness (QED) is 0.478. The van der Waals surface area contributed by atoms with E-state index in [0.29, 0.717) is 18.4 Å². The maximum atomic E-state index is 13.5. The van der Waals surface area contributed by atoms with E-state index >= 15 is 0 Å². The van der Waals surface area contributed by atoms with Gasteiger partial charge in [0.15, 0.2) is 23.6 Å². The minimum Gasteiger partial charge on any atom is -0.482 e. The van der Waals surface area contributed by atoms with Gasteiger partial charge in [0.25, 0.3) is 0 Å². The number of nitrogens with zero attached hydrogens (tertiary/aromatic N) is 1.